The van der Waals surface area contributed by atoms with E-state index >= 15 is 0 Å². The van der Waals surface area contributed by atoms with Crippen molar-refractivity contribution in [1.29, 1.82) is 0 Å². The third kappa shape index (κ3) is 2.06. The first-order valence-electron chi connectivity index (χ1n) is 5.16. The van der Waals surface area contributed by atoms with Crippen LogP contribution in [0.4, 0.5) is 11.4 Å². The molecule has 1 fully saturated rings. The third-order valence-electron chi connectivity index (χ3n) is 2.92. The minimum atomic E-state index is -0.299. The first kappa shape index (κ1) is 10.3. The first-order valence-corrected chi connectivity index (χ1v) is 5.16. The van der Waals surface area contributed by atoms with E-state index in [-0.39, 0.29) is 12.1 Å². The summed E-state index contributed by atoms with van der Waals surface area (Å²) in [5.41, 5.74) is 7.51. The average Bonchev–Trinajstić information content (AvgIpc) is 2.61. The smallest absolute Gasteiger partial charge is 0.0884 e. The Balaban J connectivity index is 2.10. The van der Waals surface area contributed by atoms with Crippen LogP contribution in [0.1, 0.15) is 0 Å². The van der Waals surface area contributed by atoms with E-state index in [4.69, 9.17) is 5.73 Å². The van der Waals surface area contributed by atoms with Gasteiger partial charge in [-0.2, -0.15) is 0 Å². The molecule has 1 aliphatic rings. The van der Waals surface area contributed by atoms with Crippen LogP contribution in [-0.2, 0) is 0 Å². The van der Waals surface area contributed by atoms with Gasteiger partial charge in [-0.15, -0.1) is 0 Å². The molecule has 1 saturated heterocycles. The lowest BCUT2D eigenvalue weighted by Crippen LogP contribution is -2.36. The molecule has 0 spiro atoms. The second-order valence-electron chi connectivity index (χ2n) is 3.96. The molecule has 0 radical (unpaired) electrons. The number of benzene rings is 1. The molecule has 0 bridgehead atoms. The molecule has 1 aliphatic heterocycles. The molecule has 1 heterocycles. The predicted molar refractivity (Wildman–Crippen MR) is 61.9 cm³/mol. The molecule has 0 aliphatic carbocycles. The predicted octanol–water partition coefficient (Wildman–Crippen LogP) is 0.0377. The number of likely N-dealkylation sites (N-methyl/N-ethyl adjacent to an activating group) is 1. The third-order valence-corrected chi connectivity index (χ3v) is 2.92. The summed E-state index contributed by atoms with van der Waals surface area (Å²) in [5, 5.41) is 12.9. The standard InChI is InChI=1S/C11H17N3O/c1-13-10-6-14(7-11(10)15)9-4-2-8(12)3-5-9/h2-5,10-11,13,15H,6-7,12H2,1H3. The number of rotatable bonds is 2. The van der Waals surface area contributed by atoms with Crippen LogP contribution in [0.2, 0.25) is 0 Å². The zero-order valence-electron chi connectivity index (χ0n) is 8.85. The van der Waals surface area contributed by atoms with E-state index in [1.807, 2.05) is 31.3 Å². The fourth-order valence-electron chi connectivity index (χ4n) is 1.97. The summed E-state index contributed by atoms with van der Waals surface area (Å²) in [7, 11) is 1.88. The Hall–Kier alpha value is -1.26. The van der Waals surface area contributed by atoms with Gasteiger partial charge in [0.1, 0.15) is 0 Å². The fourth-order valence-corrected chi connectivity index (χ4v) is 1.97. The zero-order valence-corrected chi connectivity index (χ0v) is 8.85. The van der Waals surface area contributed by atoms with Crippen LogP contribution in [0.15, 0.2) is 24.3 Å². The molecule has 0 aromatic heterocycles. The average molecular weight is 207 g/mol. The summed E-state index contributed by atoms with van der Waals surface area (Å²) in [4.78, 5) is 2.16. The van der Waals surface area contributed by atoms with Gasteiger partial charge in [-0.25, -0.2) is 0 Å². The Morgan fingerprint density at radius 2 is 2.00 bits per heavy atom. The van der Waals surface area contributed by atoms with E-state index in [0.717, 1.165) is 17.9 Å². The highest BCUT2D eigenvalue weighted by Crippen LogP contribution is 2.21. The topological polar surface area (TPSA) is 61.5 Å². The van der Waals surface area contributed by atoms with Gasteiger partial charge in [-0.3, -0.25) is 0 Å². The summed E-state index contributed by atoms with van der Waals surface area (Å²) in [6.07, 6.45) is -0.299. The van der Waals surface area contributed by atoms with Crippen LogP contribution in [0.25, 0.3) is 0 Å². The molecule has 2 atom stereocenters. The lowest BCUT2D eigenvalue weighted by molar-refractivity contribution is 0.168. The number of aliphatic hydroxyl groups excluding tert-OH is 1. The van der Waals surface area contributed by atoms with Gasteiger partial charge in [0.05, 0.1) is 12.1 Å². The quantitative estimate of drug-likeness (QED) is 0.599. The summed E-state index contributed by atoms with van der Waals surface area (Å²) in [6, 6.07) is 7.89. The minimum Gasteiger partial charge on any atom is -0.399 e. The highest BCUT2D eigenvalue weighted by molar-refractivity contribution is 5.54. The van der Waals surface area contributed by atoms with Crippen LogP contribution in [0, 0.1) is 0 Å². The van der Waals surface area contributed by atoms with Gasteiger partial charge in [0.2, 0.25) is 0 Å². The maximum absolute atomic E-state index is 9.75. The normalized spacial score (nSPS) is 25.9. The Kier molecular flexibility index (Phi) is 2.79. The Morgan fingerprint density at radius 3 is 2.53 bits per heavy atom. The molecule has 0 saturated carbocycles. The van der Waals surface area contributed by atoms with Crippen LogP contribution in [0.5, 0.6) is 0 Å². The molecule has 4 heteroatoms. The van der Waals surface area contributed by atoms with Gasteiger partial charge in [-0.1, -0.05) is 0 Å². The molecular weight excluding hydrogens is 190 g/mol. The lowest BCUT2D eigenvalue weighted by atomic mass is 10.2. The minimum absolute atomic E-state index is 0.155. The molecule has 1 aromatic rings. The van der Waals surface area contributed by atoms with Gasteiger partial charge in [0.15, 0.2) is 0 Å². The van der Waals surface area contributed by atoms with Crippen molar-refractivity contribution in [3.8, 4) is 0 Å². The molecule has 4 N–H and O–H groups in total. The first-order chi connectivity index (χ1) is 7.20. The van der Waals surface area contributed by atoms with E-state index in [9.17, 15) is 5.11 Å². The number of nitrogens with zero attached hydrogens (tertiary/aromatic N) is 1. The van der Waals surface area contributed by atoms with Crippen molar-refractivity contribution in [2.75, 3.05) is 30.8 Å². The summed E-state index contributed by atoms with van der Waals surface area (Å²) < 4.78 is 0. The molecular formula is C11H17N3O. The maximum Gasteiger partial charge on any atom is 0.0884 e. The second-order valence-corrected chi connectivity index (χ2v) is 3.96. The number of nitrogen functional groups attached to an aromatic ring is 1. The fraction of sp³-hybridized carbons (Fsp3) is 0.455. The second kappa shape index (κ2) is 4.08. The molecule has 82 valence electrons. The van der Waals surface area contributed by atoms with E-state index in [0.29, 0.717) is 6.54 Å². The van der Waals surface area contributed by atoms with E-state index in [1.165, 1.54) is 0 Å². The molecule has 2 unspecified atom stereocenters. The van der Waals surface area contributed by atoms with Crippen molar-refractivity contribution < 1.29 is 5.11 Å². The van der Waals surface area contributed by atoms with Crippen molar-refractivity contribution in [1.82, 2.24) is 5.32 Å². The van der Waals surface area contributed by atoms with Crippen molar-refractivity contribution in [3.63, 3.8) is 0 Å². The SMILES string of the molecule is CNC1CN(c2ccc(N)cc2)CC1O. The highest BCUT2D eigenvalue weighted by atomic mass is 16.3. The van der Waals surface area contributed by atoms with Gasteiger partial charge < -0.3 is 21.1 Å². The molecule has 4 nitrogen and oxygen atoms in total. The molecule has 2 rings (SSSR count). The van der Waals surface area contributed by atoms with Crippen molar-refractivity contribution in [2.24, 2.45) is 0 Å². The van der Waals surface area contributed by atoms with Crippen LogP contribution in [0.3, 0.4) is 0 Å². The largest absolute Gasteiger partial charge is 0.399 e. The molecule has 15 heavy (non-hydrogen) atoms. The number of hydrogen-bond acceptors (Lipinski definition) is 4. The zero-order chi connectivity index (χ0) is 10.8. The highest BCUT2D eigenvalue weighted by Gasteiger charge is 2.29. The van der Waals surface area contributed by atoms with Crippen molar-refractivity contribution >= 4 is 11.4 Å². The number of aliphatic hydroxyl groups is 1. The van der Waals surface area contributed by atoms with E-state index < -0.39 is 0 Å². The summed E-state index contributed by atoms with van der Waals surface area (Å²) in [5.74, 6) is 0. The number of β-amino-alcohol motifs (C(OH)–C–C–N with tert-alkyl or cyclic N) is 1. The van der Waals surface area contributed by atoms with Crippen LogP contribution >= 0.6 is 0 Å². The van der Waals surface area contributed by atoms with E-state index in [2.05, 4.69) is 10.2 Å². The number of anilines is 2. The van der Waals surface area contributed by atoms with Gasteiger partial charge >= 0.3 is 0 Å². The Labute approximate surface area is 89.7 Å². The van der Waals surface area contributed by atoms with Crippen molar-refractivity contribution in [3.05, 3.63) is 24.3 Å². The summed E-state index contributed by atoms with van der Waals surface area (Å²) >= 11 is 0. The summed E-state index contributed by atoms with van der Waals surface area (Å²) in [6.45, 7) is 1.51. The lowest BCUT2D eigenvalue weighted by Gasteiger charge is -2.18. The van der Waals surface area contributed by atoms with Crippen molar-refractivity contribution in [2.45, 2.75) is 12.1 Å². The van der Waals surface area contributed by atoms with Crippen LogP contribution < -0.4 is 16.0 Å². The number of nitrogens with one attached hydrogen (secondary N) is 1. The van der Waals surface area contributed by atoms with Gasteiger partial charge in [-0.05, 0) is 31.3 Å². The number of hydrogen-bond donors (Lipinski definition) is 3. The number of nitrogens with two attached hydrogens (primary N) is 1. The van der Waals surface area contributed by atoms with Gasteiger partial charge in [0.25, 0.3) is 0 Å². The monoisotopic (exact) mass is 207 g/mol. The molecule has 0 amide bonds. The maximum atomic E-state index is 9.75. The van der Waals surface area contributed by atoms with Gasteiger partial charge in [0, 0.05) is 24.5 Å². The molecule has 1 aromatic carbocycles. The Bertz CT molecular complexity index is 325. The van der Waals surface area contributed by atoms with E-state index in [1.54, 1.807) is 0 Å². The van der Waals surface area contributed by atoms with Crippen LogP contribution in [-0.4, -0.2) is 37.4 Å². The Morgan fingerprint density at radius 1 is 1.33 bits per heavy atom.